The highest BCUT2D eigenvalue weighted by Gasteiger charge is 2.26. The standard InChI is InChI=1S/C24H34N2/c1-5-25-18(2)11-12-19(3)26-17-23-16-22(13-14-24(23)20(26)4)15-21-9-7-6-8-10-21/h5,13-14,16,19,21,25H,1-2,4,6-12,15,17H2,3H3. The number of fused-ring (bicyclic) bond motifs is 1. The van der Waals surface area contributed by atoms with Gasteiger partial charge in [0.2, 0.25) is 0 Å². The third-order valence-electron chi connectivity index (χ3n) is 6.12. The number of nitrogens with one attached hydrogen (secondary N) is 1. The number of benzene rings is 1. The van der Waals surface area contributed by atoms with Gasteiger partial charge in [0, 0.05) is 29.5 Å². The molecule has 0 spiro atoms. The normalized spacial score (nSPS) is 18.5. The quantitative estimate of drug-likeness (QED) is 0.617. The topological polar surface area (TPSA) is 15.3 Å². The molecule has 1 fully saturated rings. The lowest BCUT2D eigenvalue weighted by Crippen LogP contribution is -2.27. The van der Waals surface area contributed by atoms with E-state index in [4.69, 9.17) is 0 Å². The lowest BCUT2D eigenvalue weighted by atomic mass is 9.84. The summed E-state index contributed by atoms with van der Waals surface area (Å²) in [7, 11) is 0. The summed E-state index contributed by atoms with van der Waals surface area (Å²) in [5.41, 5.74) is 6.52. The molecule has 1 aromatic carbocycles. The molecule has 1 atom stereocenters. The maximum absolute atomic E-state index is 4.38. The van der Waals surface area contributed by atoms with Gasteiger partial charge in [0.15, 0.2) is 0 Å². The van der Waals surface area contributed by atoms with Crippen molar-refractivity contribution in [2.24, 2.45) is 5.92 Å². The summed E-state index contributed by atoms with van der Waals surface area (Å²) < 4.78 is 0. The average Bonchev–Trinajstić information content (AvgIpc) is 2.97. The molecule has 1 heterocycles. The van der Waals surface area contributed by atoms with Crippen molar-refractivity contribution in [2.45, 2.75) is 70.9 Å². The fourth-order valence-corrected chi connectivity index (χ4v) is 4.52. The second-order valence-corrected chi connectivity index (χ2v) is 8.11. The summed E-state index contributed by atoms with van der Waals surface area (Å²) in [6, 6.07) is 7.55. The van der Waals surface area contributed by atoms with Gasteiger partial charge >= 0.3 is 0 Å². The summed E-state index contributed by atoms with van der Waals surface area (Å²) >= 11 is 0. The molecule has 3 rings (SSSR count). The van der Waals surface area contributed by atoms with Crippen LogP contribution in [0.5, 0.6) is 0 Å². The van der Waals surface area contributed by atoms with Crippen LogP contribution in [0.4, 0.5) is 0 Å². The van der Waals surface area contributed by atoms with Crippen molar-refractivity contribution in [1.29, 1.82) is 0 Å². The third-order valence-corrected chi connectivity index (χ3v) is 6.12. The molecule has 1 unspecified atom stereocenters. The van der Waals surface area contributed by atoms with Crippen LogP contribution in [-0.4, -0.2) is 10.9 Å². The van der Waals surface area contributed by atoms with Crippen molar-refractivity contribution < 1.29 is 0 Å². The Bertz CT molecular complexity index is 667. The predicted molar refractivity (Wildman–Crippen MR) is 112 cm³/mol. The first kappa shape index (κ1) is 18.8. The number of hydrogen-bond donors (Lipinski definition) is 1. The Morgan fingerprint density at radius 1 is 1.31 bits per heavy atom. The second kappa shape index (κ2) is 8.62. The van der Waals surface area contributed by atoms with Crippen LogP contribution in [0.3, 0.4) is 0 Å². The van der Waals surface area contributed by atoms with E-state index in [-0.39, 0.29) is 0 Å². The van der Waals surface area contributed by atoms with Gasteiger partial charge in [0.1, 0.15) is 0 Å². The minimum Gasteiger partial charge on any atom is -0.366 e. The molecule has 1 aliphatic heterocycles. The smallest absolute Gasteiger partial charge is 0.0439 e. The van der Waals surface area contributed by atoms with Crippen LogP contribution in [-0.2, 0) is 13.0 Å². The van der Waals surface area contributed by atoms with Gasteiger partial charge in [-0.25, -0.2) is 0 Å². The molecule has 140 valence electrons. The zero-order chi connectivity index (χ0) is 18.5. The minimum absolute atomic E-state index is 0.458. The molecule has 0 amide bonds. The molecular formula is C24H34N2. The molecule has 1 aliphatic carbocycles. The van der Waals surface area contributed by atoms with Crippen LogP contribution in [0.2, 0.25) is 0 Å². The lowest BCUT2D eigenvalue weighted by molar-refractivity contribution is 0.302. The fraction of sp³-hybridized carbons (Fsp3) is 0.500. The van der Waals surface area contributed by atoms with E-state index in [1.807, 2.05) is 0 Å². The number of allylic oxidation sites excluding steroid dienone is 1. The molecule has 26 heavy (non-hydrogen) atoms. The first-order valence-corrected chi connectivity index (χ1v) is 10.2. The first-order chi connectivity index (χ1) is 12.6. The molecule has 0 aromatic heterocycles. The van der Waals surface area contributed by atoms with Crippen molar-refractivity contribution in [3.8, 4) is 0 Å². The van der Waals surface area contributed by atoms with E-state index in [9.17, 15) is 0 Å². The largest absolute Gasteiger partial charge is 0.366 e. The Morgan fingerprint density at radius 3 is 2.81 bits per heavy atom. The Hall–Kier alpha value is -1.96. The van der Waals surface area contributed by atoms with Crippen LogP contribution >= 0.6 is 0 Å². The summed E-state index contributed by atoms with van der Waals surface area (Å²) in [4.78, 5) is 2.45. The van der Waals surface area contributed by atoms with Gasteiger partial charge in [-0.05, 0) is 49.4 Å². The van der Waals surface area contributed by atoms with Gasteiger partial charge in [-0.15, -0.1) is 0 Å². The van der Waals surface area contributed by atoms with Crippen molar-refractivity contribution in [1.82, 2.24) is 10.2 Å². The Balaban J connectivity index is 1.60. The Labute approximate surface area is 159 Å². The molecule has 0 radical (unpaired) electrons. The Kier molecular flexibility index (Phi) is 6.24. The number of hydrogen-bond acceptors (Lipinski definition) is 2. The molecule has 2 nitrogen and oxygen atoms in total. The van der Waals surface area contributed by atoms with E-state index in [2.05, 4.69) is 55.1 Å². The fourth-order valence-electron chi connectivity index (χ4n) is 4.52. The van der Waals surface area contributed by atoms with Crippen LogP contribution in [0.15, 0.2) is 49.8 Å². The average molecular weight is 351 g/mol. The minimum atomic E-state index is 0.458. The van der Waals surface area contributed by atoms with E-state index in [0.717, 1.165) is 31.0 Å². The van der Waals surface area contributed by atoms with E-state index in [0.29, 0.717) is 6.04 Å². The van der Waals surface area contributed by atoms with E-state index < -0.39 is 0 Å². The Morgan fingerprint density at radius 2 is 2.08 bits per heavy atom. The molecule has 2 aliphatic rings. The summed E-state index contributed by atoms with van der Waals surface area (Å²) in [5.74, 6) is 0.893. The van der Waals surface area contributed by atoms with Crippen LogP contribution in [0.1, 0.15) is 68.6 Å². The van der Waals surface area contributed by atoms with Gasteiger partial charge in [-0.3, -0.25) is 0 Å². The summed E-state index contributed by atoms with van der Waals surface area (Å²) in [6.07, 6.45) is 12.1. The molecular weight excluding hydrogens is 316 g/mol. The lowest BCUT2D eigenvalue weighted by Gasteiger charge is -2.27. The van der Waals surface area contributed by atoms with Crippen molar-refractivity contribution >= 4 is 5.70 Å². The highest BCUT2D eigenvalue weighted by molar-refractivity contribution is 5.69. The van der Waals surface area contributed by atoms with Gasteiger partial charge in [-0.2, -0.15) is 0 Å². The van der Waals surface area contributed by atoms with Gasteiger partial charge in [0.05, 0.1) is 0 Å². The van der Waals surface area contributed by atoms with Crippen molar-refractivity contribution in [3.63, 3.8) is 0 Å². The van der Waals surface area contributed by atoms with E-state index in [1.165, 1.54) is 60.9 Å². The van der Waals surface area contributed by atoms with Gasteiger partial charge in [-0.1, -0.05) is 70.0 Å². The molecule has 0 bridgehead atoms. The zero-order valence-corrected chi connectivity index (χ0v) is 16.4. The first-order valence-electron chi connectivity index (χ1n) is 10.2. The predicted octanol–water partition coefficient (Wildman–Crippen LogP) is 6.01. The molecule has 0 saturated heterocycles. The van der Waals surface area contributed by atoms with Crippen molar-refractivity contribution in [3.05, 3.63) is 66.5 Å². The number of nitrogens with zero attached hydrogens (tertiary/aromatic N) is 1. The molecule has 1 aromatic rings. The maximum atomic E-state index is 4.38. The highest BCUT2D eigenvalue weighted by Crippen LogP contribution is 2.36. The van der Waals surface area contributed by atoms with E-state index in [1.54, 1.807) is 6.20 Å². The maximum Gasteiger partial charge on any atom is 0.0439 e. The number of rotatable bonds is 8. The SMILES string of the molecule is C=CNC(=C)CCC(C)N1Cc2cc(CC3CCCCC3)ccc2C1=C. The zero-order valence-electron chi connectivity index (χ0n) is 16.4. The van der Waals surface area contributed by atoms with Gasteiger partial charge < -0.3 is 10.2 Å². The van der Waals surface area contributed by atoms with Crippen LogP contribution < -0.4 is 5.32 Å². The van der Waals surface area contributed by atoms with Crippen LogP contribution in [0, 0.1) is 5.92 Å². The van der Waals surface area contributed by atoms with Crippen LogP contribution in [0.25, 0.3) is 5.70 Å². The molecule has 1 saturated carbocycles. The van der Waals surface area contributed by atoms with Gasteiger partial charge in [0.25, 0.3) is 0 Å². The molecule has 1 N–H and O–H groups in total. The van der Waals surface area contributed by atoms with E-state index >= 15 is 0 Å². The monoisotopic (exact) mass is 350 g/mol. The van der Waals surface area contributed by atoms with Crippen molar-refractivity contribution in [2.75, 3.05) is 0 Å². The summed E-state index contributed by atoms with van der Waals surface area (Å²) in [5, 5.41) is 3.09. The highest BCUT2D eigenvalue weighted by atomic mass is 15.2. The molecule has 2 heteroatoms. The second-order valence-electron chi connectivity index (χ2n) is 8.11. The summed E-state index contributed by atoms with van der Waals surface area (Å²) in [6.45, 7) is 15.4. The third kappa shape index (κ3) is 4.41.